The molecule has 1 fully saturated rings. The number of ether oxygens (including phenoxy) is 1. The number of aliphatic hydroxyl groups excluding tert-OH is 2. The molecule has 1 saturated heterocycles. The third-order valence-corrected chi connectivity index (χ3v) is 2.31. The lowest BCUT2D eigenvalue weighted by Crippen LogP contribution is -2.56. The molecule has 1 amide bonds. The molecule has 0 aromatic rings. The van der Waals surface area contributed by atoms with Gasteiger partial charge in [0.15, 0.2) is 0 Å². The second-order valence-corrected chi connectivity index (χ2v) is 3.43. The number of hydrogen-bond donors (Lipinski definition) is 2. The van der Waals surface area contributed by atoms with Gasteiger partial charge in [-0.15, -0.1) is 0 Å². The maximum atomic E-state index is 11.3. The minimum absolute atomic E-state index is 0.0143. The minimum atomic E-state index is -1.08. The standard InChI is InChI=1S/C8H14N4O4/c1-2-16-8(15)12-3-5(13)7(10-11-9)6(14)4-12/h5-7,13-14H,2-4H2,1H3/t5-,6+,7?. The first-order valence-electron chi connectivity index (χ1n) is 4.92. The summed E-state index contributed by atoms with van der Waals surface area (Å²) in [4.78, 5) is 15.1. The maximum absolute atomic E-state index is 11.3. The van der Waals surface area contributed by atoms with Crippen molar-refractivity contribution in [1.82, 2.24) is 4.90 Å². The second kappa shape index (κ2) is 5.55. The molecule has 0 aromatic carbocycles. The Morgan fingerprint density at radius 2 is 2.12 bits per heavy atom. The first kappa shape index (κ1) is 12.6. The minimum Gasteiger partial charge on any atom is -0.450 e. The molecule has 0 aromatic heterocycles. The van der Waals surface area contributed by atoms with Gasteiger partial charge in [-0.1, -0.05) is 5.11 Å². The first-order chi connectivity index (χ1) is 7.60. The summed E-state index contributed by atoms with van der Waals surface area (Å²) in [5, 5.41) is 22.5. The van der Waals surface area contributed by atoms with Gasteiger partial charge in [0.1, 0.15) is 0 Å². The van der Waals surface area contributed by atoms with Crippen molar-refractivity contribution in [2.75, 3.05) is 19.7 Å². The number of carbonyl (C=O) groups excluding carboxylic acids is 1. The van der Waals surface area contributed by atoms with Gasteiger partial charge in [-0.3, -0.25) is 0 Å². The highest BCUT2D eigenvalue weighted by Crippen LogP contribution is 2.16. The summed E-state index contributed by atoms with van der Waals surface area (Å²) >= 11 is 0. The largest absolute Gasteiger partial charge is 0.450 e. The normalized spacial score (nSPS) is 29.4. The Kier molecular flexibility index (Phi) is 4.36. The summed E-state index contributed by atoms with van der Waals surface area (Å²) in [7, 11) is 0. The fraction of sp³-hybridized carbons (Fsp3) is 0.875. The monoisotopic (exact) mass is 230 g/mol. The molecule has 0 spiro atoms. The Hall–Kier alpha value is -1.50. The zero-order valence-electron chi connectivity index (χ0n) is 8.85. The second-order valence-electron chi connectivity index (χ2n) is 3.43. The number of nitrogens with zero attached hydrogens (tertiary/aromatic N) is 4. The molecule has 0 radical (unpaired) electrons. The Labute approximate surface area is 92.0 Å². The molecule has 1 heterocycles. The molecular formula is C8H14N4O4. The van der Waals surface area contributed by atoms with Crippen LogP contribution >= 0.6 is 0 Å². The van der Waals surface area contributed by atoms with E-state index in [1.807, 2.05) is 0 Å². The Balaban J connectivity index is 2.65. The average Bonchev–Trinajstić information content (AvgIpc) is 2.23. The molecule has 1 aliphatic rings. The van der Waals surface area contributed by atoms with E-state index >= 15 is 0 Å². The number of likely N-dealkylation sites (tertiary alicyclic amines) is 1. The summed E-state index contributed by atoms with van der Waals surface area (Å²) in [6.45, 7) is 1.86. The third-order valence-electron chi connectivity index (χ3n) is 2.31. The van der Waals surface area contributed by atoms with Gasteiger partial charge in [0.05, 0.1) is 37.9 Å². The molecule has 0 saturated carbocycles. The predicted octanol–water partition coefficient (Wildman–Crippen LogP) is -0.141. The van der Waals surface area contributed by atoms with Gasteiger partial charge in [0.2, 0.25) is 0 Å². The highest BCUT2D eigenvalue weighted by Gasteiger charge is 2.36. The summed E-state index contributed by atoms with van der Waals surface area (Å²) in [5.41, 5.74) is 8.24. The molecule has 1 unspecified atom stereocenters. The number of piperidine rings is 1. The SMILES string of the molecule is CCOC(=O)N1C[C@@H](O)C(N=[N+]=[N-])[C@@H](O)C1. The predicted molar refractivity (Wildman–Crippen MR) is 53.5 cm³/mol. The van der Waals surface area contributed by atoms with Crippen LogP contribution in [0, 0.1) is 0 Å². The van der Waals surface area contributed by atoms with E-state index in [1.54, 1.807) is 6.92 Å². The van der Waals surface area contributed by atoms with Crippen LogP contribution in [0.25, 0.3) is 10.4 Å². The summed E-state index contributed by atoms with van der Waals surface area (Å²) < 4.78 is 4.73. The van der Waals surface area contributed by atoms with Crippen molar-refractivity contribution < 1.29 is 19.7 Å². The Morgan fingerprint density at radius 1 is 1.56 bits per heavy atom. The molecule has 1 rings (SSSR count). The van der Waals surface area contributed by atoms with Crippen LogP contribution in [0.4, 0.5) is 4.79 Å². The van der Waals surface area contributed by atoms with Gasteiger partial charge in [-0.2, -0.15) is 0 Å². The van der Waals surface area contributed by atoms with Gasteiger partial charge in [-0.25, -0.2) is 4.79 Å². The van der Waals surface area contributed by atoms with Gasteiger partial charge >= 0.3 is 6.09 Å². The van der Waals surface area contributed by atoms with Crippen LogP contribution in [0.3, 0.4) is 0 Å². The third kappa shape index (κ3) is 2.75. The van der Waals surface area contributed by atoms with E-state index in [1.165, 1.54) is 4.90 Å². The molecule has 0 bridgehead atoms. The van der Waals surface area contributed by atoms with Crippen LogP contribution in [0.2, 0.25) is 0 Å². The number of amides is 1. The van der Waals surface area contributed by atoms with Crippen molar-refractivity contribution >= 4 is 6.09 Å². The highest BCUT2D eigenvalue weighted by atomic mass is 16.6. The lowest BCUT2D eigenvalue weighted by Gasteiger charge is -2.36. The Morgan fingerprint density at radius 3 is 2.56 bits per heavy atom. The quantitative estimate of drug-likeness (QED) is 0.389. The number of carbonyl (C=O) groups is 1. The number of azide groups is 1. The first-order valence-corrected chi connectivity index (χ1v) is 4.92. The molecule has 8 nitrogen and oxygen atoms in total. The van der Waals surface area contributed by atoms with Crippen molar-refractivity contribution in [2.45, 2.75) is 25.2 Å². The van der Waals surface area contributed by atoms with Gasteiger partial charge < -0.3 is 19.8 Å². The van der Waals surface area contributed by atoms with Crippen molar-refractivity contribution in [1.29, 1.82) is 0 Å². The van der Waals surface area contributed by atoms with Crippen LogP contribution < -0.4 is 0 Å². The molecule has 16 heavy (non-hydrogen) atoms. The van der Waals surface area contributed by atoms with E-state index in [9.17, 15) is 15.0 Å². The van der Waals surface area contributed by atoms with Crippen LogP contribution in [0.1, 0.15) is 6.92 Å². The lowest BCUT2D eigenvalue weighted by atomic mass is 10.0. The molecule has 90 valence electrons. The average molecular weight is 230 g/mol. The van der Waals surface area contributed by atoms with Gasteiger partial charge in [0, 0.05) is 4.91 Å². The number of rotatable bonds is 2. The summed E-state index contributed by atoms with van der Waals surface area (Å²) in [6, 6.07) is -0.921. The Bertz CT molecular complexity index is 292. The summed E-state index contributed by atoms with van der Waals surface area (Å²) in [6.07, 6.45) is -2.76. The van der Waals surface area contributed by atoms with Crippen LogP contribution in [-0.2, 0) is 4.74 Å². The molecule has 8 heteroatoms. The zero-order valence-corrected chi connectivity index (χ0v) is 8.85. The van der Waals surface area contributed by atoms with E-state index in [4.69, 9.17) is 10.3 Å². The van der Waals surface area contributed by atoms with Gasteiger partial charge in [0.25, 0.3) is 0 Å². The van der Waals surface area contributed by atoms with Crippen LogP contribution in [0.5, 0.6) is 0 Å². The fourth-order valence-corrected chi connectivity index (χ4v) is 1.58. The van der Waals surface area contributed by atoms with E-state index in [0.717, 1.165) is 0 Å². The van der Waals surface area contributed by atoms with E-state index in [0.29, 0.717) is 0 Å². The number of hydrogen-bond acceptors (Lipinski definition) is 5. The van der Waals surface area contributed by atoms with Crippen molar-refractivity contribution in [3.8, 4) is 0 Å². The molecule has 1 aliphatic heterocycles. The van der Waals surface area contributed by atoms with E-state index in [2.05, 4.69) is 10.0 Å². The maximum Gasteiger partial charge on any atom is 0.409 e. The van der Waals surface area contributed by atoms with E-state index < -0.39 is 24.3 Å². The topological polar surface area (TPSA) is 119 Å². The van der Waals surface area contributed by atoms with Crippen molar-refractivity contribution in [3.05, 3.63) is 10.4 Å². The molecule has 3 atom stereocenters. The molecule has 0 aliphatic carbocycles. The van der Waals surface area contributed by atoms with Crippen LogP contribution in [-0.4, -0.2) is 59.2 Å². The molecular weight excluding hydrogens is 216 g/mol. The fourth-order valence-electron chi connectivity index (χ4n) is 1.58. The number of aliphatic hydroxyl groups is 2. The van der Waals surface area contributed by atoms with E-state index in [-0.39, 0.29) is 19.7 Å². The van der Waals surface area contributed by atoms with Crippen molar-refractivity contribution in [2.24, 2.45) is 5.11 Å². The smallest absolute Gasteiger partial charge is 0.409 e. The molecule has 2 N–H and O–H groups in total. The van der Waals surface area contributed by atoms with Crippen LogP contribution in [0.15, 0.2) is 5.11 Å². The number of β-amino-alcohol motifs (C(OH)–C–C–N with tert-alkyl or cyclic N) is 2. The summed E-state index contributed by atoms with van der Waals surface area (Å²) in [5.74, 6) is 0. The highest BCUT2D eigenvalue weighted by molar-refractivity contribution is 5.67. The zero-order chi connectivity index (χ0) is 12.1. The van der Waals surface area contributed by atoms with Gasteiger partial charge in [-0.05, 0) is 12.5 Å². The lowest BCUT2D eigenvalue weighted by molar-refractivity contribution is -0.0245. The van der Waals surface area contributed by atoms with Crippen molar-refractivity contribution in [3.63, 3.8) is 0 Å².